The number of thioether (sulfide) groups is 1. The molecule has 0 spiro atoms. The Bertz CT molecular complexity index is 782. The number of carbonyl (C=O) groups excluding carboxylic acids is 3. The zero-order chi connectivity index (χ0) is 25.2. The van der Waals surface area contributed by atoms with Crippen molar-refractivity contribution in [1.82, 2.24) is 10.7 Å². The Labute approximate surface area is 199 Å². The molecule has 0 aliphatic carbocycles. The molecule has 1 aromatic rings. The number of nitrogens with one attached hydrogen (secondary N) is 1. The molecule has 186 valence electrons. The molecular weight excluding hydrogens is 448 g/mol. The molecule has 0 aromatic heterocycles. The summed E-state index contributed by atoms with van der Waals surface area (Å²) >= 11 is 0.818. The molecule has 0 radical (unpaired) electrons. The van der Waals surface area contributed by atoms with Crippen LogP contribution in [0.15, 0.2) is 24.3 Å². The van der Waals surface area contributed by atoms with Crippen LogP contribution in [0.2, 0.25) is 0 Å². The predicted molar refractivity (Wildman–Crippen MR) is 126 cm³/mol. The summed E-state index contributed by atoms with van der Waals surface area (Å²) < 4.78 is 5.06. The number of carbonyl (C=O) groups is 3. The van der Waals surface area contributed by atoms with Crippen LogP contribution in [0.1, 0.15) is 58.6 Å². The zero-order valence-corrected chi connectivity index (χ0v) is 20.9. The van der Waals surface area contributed by atoms with Gasteiger partial charge in [-0.3, -0.25) is 14.4 Å². The highest BCUT2D eigenvalue weighted by atomic mass is 32.2. The Kier molecular flexibility index (Phi) is 12.0. The van der Waals surface area contributed by atoms with Crippen LogP contribution in [0.5, 0.6) is 0 Å². The van der Waals surface area contributed by atoms with E-state index in [0.717, 1.165) is 23.7 Å². The maximum atomic E-state index is 12.8. The van der Waals surface area contributed by atoms with Crippen LogP contribution in [-0.4, -0.2) is 52.6 Å². The number of hydrogen-bond donors (Lipinski definition) is 2. The van der Waals surface area contributed by atoms with Crippen LogP contribution in [0, 0.1) is 16.5 Å². The van der Waals surface area contributed by atoms with Gasteiger partial charge in [-0.2, -0.15) is 0 Å². The molecule has 33 heavy (non-hydrogen) atoms. The molecule has 0 aliphatic rings. The molecule has 1 aromatic carbocycles. The fraction of sp³-hybridized carbons (Fsp3) is 0.609. The first-order chi connectivity index (χ1) is 15.4. The molecule has 0 heterocycles. The molecule has 1 rings (SSSR count). The molecule has 10 heteroatoms. The van der Waals surface area contributed by atoms with Crippen molar-refractivity contribution in [3.05, 3.63) is 40.6 Å². The largest absolute Gasteiger partial charge is 0.738 e. The monoisotopic (exact) mass is 483 g/mol. The fourth-order valence-corrected chi connectivity index (χ4v) is 3.89. The van der Waals surface area contributed by atoms with E-state index in [9.17, 15) is 19.6 Å². The van der Waals surface area contributed by atoms with E-state index in [1.54, 1.807) is 13.8 Å². The van der Waals surface area contributed by atoms with E-state index in [4.69, 9.17) is 9.94 Å². The quantitative estimate of drug-likeness (QED) is 0.320. The number of ether oxygens (including phenoxy) is 1. The molecule has 0 aliphatic heterocycles. The maximum Gasteiger partial charge on any atom is 0.329 e. The van der Waals surface area contributed by atoms with Crippen molar-refractivity contribution < 1.29 is 29.2 Å². The third-order valence-corrected chi connectivity index (χ3v) is 6.19. The lowest BCUT2D eigenvalue weighted by atomic mass is 9.96. The Balaban J connectivity index is 2.81. The van der Waals surface area contributed by atoms with Gasteiger partial charge in [-0.1, -0.05) is 49.9 Å². The smallest absolute Gasteiger partial charge is 0.329 e. The van der Waals surface area contributed by atoms with E-state index in [2.05, 4.69) is 24.0 Å². The maximum absolute atomic E-state index is 12.8. The van der Waals surface area contributed by atoms with Gasteiger partial charge in [0.2, 0.25) is 5.91 Å². The van der Waals surface area contributed by atoms with E-state index in [1.165, 1.54) is 19.4 Å². The van der Waals surface area contributed by atoms with Crippen molar-refractivity contribution in [1.29, 1.82) is 0 Å². The van der Waals surface area contributed by atoms with Gasteiger partial charge in [0, 0.05) is 5.75 Å². The van der Waals surface area contributed by atoms with E-state index in [-0.39, 0.29) is 30.0 Å². The lowest BCUT2D eigenvalue weighted by Gasteiger charge is -2.27. The predicted octanol–water partition coefficient (Wildman–Crippen LogP) is 3.44. The molecule has 9 nitrogen and oxygen atoms in total. The minimum Gasteiger partial charge on any atom is -0.738 e. The molecule has 0 unspecified atom stereocenters. The number of hydrogen-bond acceptors (Lipinski definition) is 9. The third kappa shape index (κ3) is 10.2. The van der Waals surface area contributed by atoms with Gasteiger partial charge in [0.15, 0.2) is 5.12 Å². The summed E-state index contributed by atoms with van der Waals surface area (Å²) in [6, 6.07) is 6.77. The van der Waals surface area contributed by atoms with Gasteiger partial charge >= 0.3 is 5.97 Å². The van der Waals surface area contributed by atoms with Gasteiger partial charge in [0.25, 0.3) is 0 Å². The number of benzene rings is 1. The Morgan fingerprint density at radius 1 is 1.18 bits per heavy atom. The normalized spacial score (nSPS) is 13.6. The van der Waals surface area contributed by atoms with Crippen molar-refractivity contribution in [2.24, 2.45) is 11.3 Å². The molecule has 2 atom stereocenters. The van der Waals surface area contributed by atoms with Gasteiger partial charge < -0.3 is 20.5 Å². The van der Waals surface area contributed by atoms with Crippen LogP contribution in [0.3, 0.4) is 0 Å². The first kappa shape index (κ1) is 29.1. The molecule has 0 saturated carbocycles. The highest BCUT2D eigenvalue weighted by Crippen LogP contribution is 2.26. The Morgan fingerprint density at radius 3 is 2.30 bits per heavy atom. The molecular formula is C23H35N2O7S-. The van der Waals surface area contributed by atoms with E-state index < -0.39 is 28.7 Å². The summed E-state index contributed by atoms with van der Waals surface area (Å²) in [5, 5.41) is 20.7. The van der Waals surface area contributed by atoms with Crippen LogP contribution in [0.25, 0.3) is 0 Å². The zero-order valence-electron chi connectivity index (χ0n) is 20.1. The molecule has 0 fully saturated rings. The molecule has 1 amide bonds. The van der Waals surface area contributed by atoms with Gasteiger partial charge in [-0.25, -0.2) is 4.79 Å². The van der Waals surface area contributed by atoms with Crippen LogP contribution in [-0.2, 0) is 30.4 Å². The van der Waals surface area contributed by atoms with Crippen LogP contribution in [0.4, 0.5) is 0 Å². The van der Waals surface area contributed by atoms with Crippen molar-refractivity contribution in [3.8, 4) is 0 Å². The summed E-state index contributed by atoms with van der Waals surface area (Å²) in [5.41, 5.74) is 0.897. The first-order valence-corrected chi connectivity index (χ1v) is 11.9. The second-order valence-corrected chi connectivity index (χ2v) is 9.86. The van der Waals surface area contributed by atoms with Crippen molar-refractivity contribution in [2.75, 3.05) is 19.0 Å². The Morgan fingerprint density at radius 2 is 1.79 bits per heavy atom. The number of amides is 1. The standard InChI is InChI=1S/C23H35N2O7S/c1-7-31-21(27)19(13-33-22(28)23(5,6)14-32-25(29)30)24-20(26)16(4)18-10-8-17(9-11-18)12-15(2)3/h8-11,15-16,19,29H,7,12-14H2,1-6H3,(H,24,26)/q-1/t16-,19-/m0/s1. The van der Waals surface area contributed by atoms with Gasteiger partial charge in [0.1, 0.15) is 6.04 Å². The molecule has 0 saturated heterocycles. The lowest BCUT2D eigenvalue weighted by molar-refractivity contribution is -0.313. The van der Waals surface area contributed by atoms with E-state index in [0.29, 0.717) is 5.92 Å². The number of rotatable bonds is 13. The molecule has 0 bridgehead atoms. The van der Waals surface area contributed by atoms with Crippen LogP contribution >= 0.6 is 11.8 Å². The summed E-state index contributed by atoms with van der Waals surface area (Å²) in [4.78, 5) is 42.2. The van der Waals surface area contributed by atoms with Crippen molar-refractivity contribution >= 4 is 28.8 Å². The number of nitrogens with zero attached hydrogens (tertiary/aromatic N) is 1. The van der Waals surface area contributed by atoms with Crippen molar-refractivity contribution in [3.63, 3.8) is 0 Å². The third-order valence-electron chi connectivity index (χ3n) is 4.87. The second kappa shape index (κ2) is 13.7. The molecule has 2 N–H and O–H groups in total. The van der Waals surface area contributed by atoms with E-state index >= 15 is 0 Å². The summed E-state index contributed by atoms with van der Waals surface area (Å²) in [7, 11) is 0. The average molecular weight is 484 g/mol. The Hall–Kier alpha value is -1.98. The fourth-order valence-electron chi connectivity index (χ4n) is 2.90. The summed E-state index contributed by atoms with van der Waals surface area (Å²) in [5.74, 6) is -1.02. The second-order valence-electron chi connectivity index (χ2n) is 8.87. The van der Waals surface area contributed by atoms with Gasteiger partial charge in [0.05, 0.1) is 24.5 Å². The lowest BCUT2D eigenvalue weighted by Crippen LogP contribution is -2.45. The van der Waals surface area contributed by atoms with E-state index in [1.807, 2.05) is 24.3 Å². The van der Waals surface area contributed by atoms with Crippen molar-refractivity contribution in [2.45, 2.75) is 59.9 Å². The van der Waals surface area contributed by atoms with Gasteiger partial charge in [-0.15, -0.1) is 5.39 Å². The number of esters is 1. The highest BCUT2D eigenvalue weighted by Gasteiger charge is 2.32. The first-order valence-electron chi connectivity index (χ1n) is 10.9. The average Bonchev–Trinajstić information content (AvgIpc) is 2.74. The minimum atomic E-state index is -1.11. The summed E-state index contributed by atoms with van der Waals surface area (Å²) in [6.07, 6.45) is 0.948. The SMILES string of the molecule is CCOC(=O)[C@H](CSC(=O)C(C)(C)CON([O-])O)NC(=O)[C@@H](C)c1ccc(CC(C)C)cc1. The highest BCUT2D eigenvalue weighted by molar-refractivity contribution is 8.13. The van der Waals surface area contributed by atoms with Gasteiger partial charge in [-0.05, 0) is 51.2 Å². The topological polar surface area (TPSA) is 128 Å². The minimum absolute atomic E-state index is 0.0485. The summed E-state index contributed by atoms with van der Waals surface area (Å²) in [6.45, 7) is 10.5. The van der Waals surface area contributed by atoms with Crippen LogP contribution < -0.4 is 5.32 Å².